The molecule has 1 rings (SSSR count). The van der Waals surface area contributed by atoms with Gasteiger partial charge in [-0.3, -0.25) is 0 Å². The molecule has 0 aromatic heterocycles. The molecule has 0 bridgehead atoms. The summed E-state index contributed by atoms with van der Waals surface area (Å²) in [5.74, 6) is -0.129. The summed E-state index contributed by atoms with van der Waals surface area (Å²) in [6.45, 7) is 5.68. The fourth-order valence-electron chi connectivity index (χ4n) is 1.87. The van der Waals surface area contributed by atoms with Crippen LogP contribution in [-0.4, -0.2) is 30.7 Å². The van der Waals surface area contributed by atoms with Gasteiger partial charge in [-0.1, -0.05) is 13.3 Å². The maximum Gasteiger partial charge on any atom is 0.166 e. The number of rotatable bonds is 5. The maximum absolute atomic E-state index is 9.12. The molecule has 0 aliphatic carbocycles. The molecular formula is C10H20O3. The van der Waals surface area contributed by atoms with E-state index in [1.54, 1.807) is 0 Å². The number of hydrogen-bond acceptors (Lipinski definition) is 3. The zero-order chi connectivity index (χ0) is 9.73. The van der Waals surface area contributed by atoms with Gasteiger partial charge in [-0.25, -0.2) is 0 Å². The molecule has 1 heterocycles. The van der Waals surface area contributed by atoms with E-state index in [-0.39, 0.29) is 6.61 Å². The van der Waals surface area contributed by atoms with Crippen LogP contribution in [0.1, 0.15) is 33.1 Å². The van der Waals surface area contributed by atoms with Crippen LogP contribution in [0.5, 0.6) is 0 Å². The van der Waals surface area contributed by atoms with E-state index in [1.807, 2.05) is 6.92 Å². The summed E-state index contributed by atoms with van der Waals surface area (Å²) in [4.78, 5) is 0. The number of ether oxygens (including phenoxy) is 2. The predicted octanol–water partition coefficient (Wildman–Crippen LogP) is 1.55. The third kappa shape index (κ3) is 3.25. The molecule has 1 saturated heterocycles. The van der Waals surface area contributed by atoms with Crippen LogP contribution in [0.15, 0.2) is 0 Å². The Bertz CT molecular complexity index is 141. The van der Waals surface area contributed by atoms with Crippen LogP contribution < -0.4 is 0 Å². The molecule has 0 aromatic rings. The lowest BCUT2D eigenvalue weighted by molar-refractivity contribution is -0.157. The van der Waals surface area contributed by atoms with E-state index in [0.29, 0.717) is 19.1 Å². The summed E-state index contributed by atoms with van der Waals surface area (Å²) in [5, 5.41) is 9.12. The van der Waals surface area contributed by atoms with Crippen LogP contribution in [0.2, 0.25) is 0 Å². The van der Waals surface area contributed by atoms with Gasteiger partial charge in [-0.2, -0.15) is 0 Å². The number of aliphatic hydroxyl groups is 1. The van der Waals surface area contributed by atoms with Crippen molar-refractivity contribution >= 4 is 0 Å². The van der Waals surface area contributed by atoms with Crippen LogP contribution in [0.3, 0.4) is 0 Å². The lowest BCUT2D eigenvalue weighted by Gasteiger charge is -2.26. The number of aliphatic hydroxyl groups excluding tert-OH is 1. The van der Waals surface area contributed by atoms with E-state index < -0.39 is 5.79 Å². The first kappa shape index (κ1) is 11.0. The minimum atomic E-state index is -0.442. The summed E-state index contributed by atoms with van der Waals surface area (Å²) in [5.41, 5.74) is 0. The van der Waals surface area contributed by atoms with Gasteiger partial charge >= 0.3 is 0 Å². The molecule has 3 nitrogen and oxygen atoms in total. The van der Waals surface area contributed by atoms with E-state index in [0.717, 1.165) is 19.3 Å². The zero-order valence-corrected chi connectivity index (χ0v) is 8.58. The summed E-state index contributed by atoms with van der Waals surface area (Å²) in [6.07, 6.45) is 2.94. The fourth-order valence-corrected chi connectivity index (χ4v) is 1.87. The second-order valence-electron chi connectivity index (χ2n) is 3.87. The van der Waals surface area contributed by atoms with E-state index in [1.165, 1.54) is 0 Å². The molecule has 13 heavy (non-hydrogen) atoms. The minimum absolute atomic E-state index is 0.232. The molecule has 1 fully saturated rings. The van der Waals surface area contributed by atoms with Crippen LogP contribution in [0.25, 0.3) is 0 Å². The molecule has 1 unspecified atom stereocenters. The molecule has 0 amide bonds. The normalized spacial score (nSPS) is 23.3. The smallest absolute Gasteiger partial charge is 0.166 e. The van der Waals surface area contributed by atoms with Crippen molar-refractivity contribution in [2.45, 2.75) is 38.9 Å². The van der Waals surface area contributed by atoms with Crippen molar-refractivity contribution in [3.8, 4) is 0 Å². The lowest BCUT2D eigenvalue weighted by Crippen LogP contribution is -2.30. The van der Waals surface area contributed by atoms with E-state index in [4.69, 9.17) is 14.6 Å². The Labute approximate surface area is 80.0 Å². The van der Waals surface area contributed by atoms with Gasteiger partial charge in [0.1, 0.15) is 0 Å². The minimum Gasteiger partial charge on any atom is -0.396 e. The highest BCUT2D eigenvalue weighted by Gasteiger charge is 2.33. The Morgan fingerprint density at radius 1 is 1.38 bits per heavy atom. The van der Waals surface area contributed by atoms with Gasteiger partial charge in [-0.05, 0) is 19.3 Å². The Morgan fingerprint density at radius 3 is 2.46 bits per heavy atom. The van der Waals surface area contributed by atoms with Crippen LogP contribution >= 0.6 is 0 Å². The molecule has 1 N–H and O–H groups in total. The van der Waals surface area contributed by atoms with Crippen molar-refractivity contribution in [3.63, 3.8) is 0 Å². The third-order valence-corrected chi connectivity index (χ3v) is 2.51. The van der Waals surface area contributed by atoms with Crippen molar-refractivity contribution in [2.75, 3.05) is 19.8 Å². The zero-order valence-electron chi connectivity index (χ0n) is 8.58. The highest BCUT2D eigenvalue weighted by Crippen LogP contribution is 2.28. The topological polar surface area (TPSA) is 38.7 Å². The van der Waals surface area contributed by atoms with Gasteiger partial charge in [0.15, 0.2) is 5.79 Å². The maximum atomic E-state index is 9.12. The van der Waals surface area contributed by atoms with Crippen molar-refractivity contribution in [1.29, 1.82) is 0 Å². The Morgan fingerprint density at radius 2 is 2.00 bits per heavy atom. The fraction of sp³-hybridized carbons (Fsp3) is 1.00. The Hall–Kier alpha value is -0.120. The first-order chi connectivity index (χ1) is 6.20. The quantitative estimate of drug-likeness (QED) is 0.711. The standard InChI is InChI=1S/C10H20O3/c1-3-4-9(8-11)7-10(2)12-5-6-13-10/h9,11H,3-8H2,1-2H3. The largest absolute Gasteiger partial charge is 0.396 e. The molecule has 1 atom stereocenters. The summed E-state index contributed by atoms with van der Waals surface area (Å²) >= 11 is 0. The highest BCUT2D eigenvalue weighted by atomic mass is 16.7. The van der Waals surface area contributed by atoms with Gasteiger partial charge in [0.05, 0.1) is 13.2 Å². The van der Waals surface area contributed by atoms with Crippen LogP contribution in [0.4, 0.5) is 0 Å². The summed E-state index contributed by atoms with van der Waals surface area (Å²) in [7, 11) is 0. The molecular weight excluding hydrogens is 168 g/mol. The van der Waals surface area contributed by atoms with E-state index in [9.17, 15) is 0 Å². The van der Waals surface area contributed by atoms with E-state index >= 15 is 0 Å². The van der Waals surface area contributed by atoms with Gasteiger partial charge in [0.25, 0.3) is 0 Å². The van der Waals surface area contributed by atoms with Crippen LogP contribution in [0, 0.1) is 5.92 Å². The molecule has 1 aliphatic rings. The van der Waals surface area contributed by atoms with Crippen molar-refractivity contribution < 1.29 is 14.6 Å². The molecule has 3 heteroatoms. The molecule has 0 aromatic carbocycles. The first-order valence-corrected chi connectivity index (χ1v) is 5.09. The molecule has 0 saturated carbocycles. The molecule has 1 aliphatic heterocycles. The Kier molecular flexibility index (Phi) is 4.16. The van der Waals surface area contributed by atoms with E-state index in [2.05, 4.69) is 6.92 Å². The molecule has 0 radical (unpaired) electrons. The lowest BCUT2D eigenvalue weighted by atomic mass is 9.96. The van der Waals surface area contributed by atoms with Gasteiger partial charge in [0.2, 0.25) is 0 Å². The molecule has 0 spiro atoms. The second-order valence-corrected chi connectivity index (χ2v) is 3.87. The third-order valence-electron chi connectivity index (χ3n) is 2.51. The SMILES string of the molecule is CCCC(CO)CC1(C)OCCO1. The molecule has 78 valence electrons. The van der Waals surface area contributed by atoms with Gasteiger partial charge in [-0.15, -0.1) is 0 Å². The van der Waals surface area contributed by atoms with Crippen molar-refractivity contribution in [1.82, 2.24) is 0 Å². The van der Waals surface area contributed by atoms with Gasteiger partial charge < -0.3 is 14.6 Å². The number of hydrogen-bond donors (Lipinski definition) is 1. The summed E-state index contributed by atoms with van der Waals surface area (Å²) < 4.78 is 11.0. The average molecular weight is 188 g/mol. The van der Waals surface area contributed by atoms with Crippen molar-refractivity contribution in [2.24, 2.45) is 5.92 Å². The first-order valence-electron chi connectivity index (χ1n) is 5.09. The highest BCUT2D eigenvalue weighted by molar-refractivity contribution is 4.73. The monoisotopic (exact) mass is 188 g/mol. The summed E-state index contributed by atoms with van der Waals surface area (Å²) in [6, 6.07) is 0. The Balaban J connectivity index is 2.35. The second kappa shape index (κ2) is 4.94. The van der Waals surface area contributed by atoms with Crippen LogP contribution in [-0.2, 0) is 9.47 Å². The predicted molar refractivity (Wildman–Crippen MR) is 50.4 cm³/mol. The average Bonchev–Trinajstić information content (AvgIpc) is 2.51. The van der Waals surface area contributed by atoms with Gasteiger partial charge in [0, 0.05) is 13.0 Å². The van der Waals surface area contributed by atoms with Crippen molar-refractivity contribution in [3.05, 3.63) is 0 Å².